The van der Waals surface area contributed by atoms with Gasteiger partial charge in [-0.3, -0.25) is 9.89 Å². The van der Waals surface area contributed by atoms with Crippen molar-refractivity contribution in [3.63, 3.8) is 0 Å². The van der Waals surface area contributed by atoms with Crippen LogP contribution < -0.4 is 5.32 Å². The number of H-pyrrole nitrogens is 1. The summed E-state index contributed by atoms with van der Waals surface area (Å²) in [4.78, 5) is 12.4. The number of amides is 1. The number of hydrogen-bond acceptors (Lipinski definition) is 2. The molecule has 0 atom stereocenters. The van der Waals surface area contributed by atoms with E-state index in [9.17, 15) is 9.18 Å². The molecule has 120 valence electrons. The van der Waals surface area contributed by atoms with Gasteiger partial charge in [0.15, 0.2) is 0 Å². The Kier molecular flexibility index (Phi) is 3.43. The molecular formula is C18H20FN3O. The van der Waals surface area contributed by atoms with Gasteiger partial charge in [-0.2, -0.15) is 5.10 Å². The molecule has 1 heterocycles. The zero-order valence-corrected chi connectivity index (χ0v) is 12.9. The van der Waals surface area contributed by atoms with Crippen LogP contribution in [0.1, 0.15) is 53.2 Å². The van der Waals surface area contributed by atoms with E-state index in [1.54, 1.807) is 6.20 Å². The third-order valence-corrected chi connectivity index (χ3v) is 4.97. The summed E-state index contributed by atoms with van der Waals surface area (Å²) in [6.45, 7) is 0.665. The van der Waals surface area contributed by atoms with Crippen LogP contribution in [0.3, 0.4) is 0 Å². The van der Waals surface area contributed by atoms with Crippen LogP contribution in [0.2, 0.25) is 0 Å². The van der Waals surface area contributed by atoms with Gasteiger partial charge in [0.25, 0.3) is 5.91 Å². The highest BCUT2D eigenvalue weighted by Crippen LogP contribution is 2.48. The average Bonchev–Trinajstić information content (AvgIpc) is 3.48. The van der Waals surface area contributed by atoms with Gasteiger partial charge in [0, 0.05) is 12.5 Å². The van der Waals surface area contributed by atoms with Gasteiger partial charge in [-0.05, 0) is 55.2 Å². The molecule has 0 unspecified atom stereocenters. The summed E-state index contributed by atoms with van der Waals surface area (Å²) < 4.78 is 13.0. The number of nitrogens with one attached hydrogen (secondary N) is 2. The number of nitrogens with zero attached hydrogens (tertiary/aromatic N) is 1. The molecular weight excluding hydrogens is 293 g/mol. The monoisotopic (exact) mass is 313 g/mol. The molecule has 0 spiro atoms. The van der Waals surface area contributed by atoms with Crippen molar-refractivity contribution in [1.29, 1.82) is 0 Å². The summed E-state index contributed by atoms with van der Waals surface area (Å²) in [5.74, 6) is 0.234. The fourth-order valence-electron chi connectivity index (χ4n) is 3.15. The van der Waals surface area contributed by atoms with Gasteiger partial charge in [-0.15, -0.1) is 0 Å². The lowest BCUT2D eigenvalue weighted by Gasteiger charge is -2.16. The highest BCUT2D eigenvalue weighted by atomic mass is 19.1. The van der Waals surface area contributed by atoms with E-state index < -0.39 is 0 Å². The molecule has 5 heteroatoms. The summed E-state index contributed by atoms with van der Waals surface area (Å²) in [5.41, 5.74) is 2.92. The van der Waals surface area contributed by atoms with Gasteiger partial charge in [0.05, 0.1) is 17.5 Å². The molecule has 4 rings (SSSR count). The van der Waals surface area contributed by atoms with Crippen molar-refractivity contribution in [3.05, 3.63) is 53.1 Å². The smallest absolute Gasteiger partial charge is 0.254 e. The van der Waals surface area contributed by atoms with Crippen molar-refractivity contribution >= 4 is 5.91 Å². The molecule has 2 aliphatic rings. The highest BCUT2D eigenvalue weighted by Gasteiger charge is 2.42. The molecule has 0 saturated heterocycles. The molecule has 23 heavy (non-hydrogen) atoms. The molecule has 1 amide bonds. The minimum absolute atomic E-state index is 0.0361. The van der Waals surface area contributed by atoms with E-state index in [-0.39, 0.29) is 17.1 Å². The van der Waals surface area contributed by atoms with Crippen molar-refractivity contribution in [2.45, 2.75) is 38.0 Å². The Bertz CT molecular complexity index is 714. The summed E-state index contributed by atoms with van der Waals surface area (Å²) in [6.07, 6.45) is 6.99. The summed E-state index contributed by atoms with van der Waals surface area (Å²) >= 11 is 0. The molecule has 0 bridgehead atoms. The Morgan fingerprint density at radius 1 is 1.30 bits per heavy atom. The topological polar surface area (TPSA) is 57.8 Å². The van der Waals surface area contributed by atoms with Gasteiger partial charge in [0.2, 0.25) is 0 Å². The van der Waals surface area contributed by atoms with Crippen LogP contribution in [-0.4, -0.2) is 22.6 Å². The maximum atomic E-state index is 13.0. The summed E-state index contributed by atoms with van der Waals surface area (Å²) in [7, 11) is 0. The largest absolute Gasteiger partial charge is 0.351 e. The standard InChI is InChI=1S/C18H20FN3O/c19-14-5-1-12(2-6-14)9-18(7-8-18)11-20-17(23)15-10-21-22-16(15)13-3-4-13/h1-2,5-6,10,13H,3-4,7-9,11H2,(H,20,23)(H,21,22). The minimum Gasteiger partial charge on any atom is -0.351 e. The SMILES string of the molecule is O=C(NCC1(Cc2ccc(F)cc2)CC1)c1cn[nH]c1C1CC1. The predicted molar refractivity (Wildman–Crippen MR) is 84.7 cm³/mol. The number of aromatic nitrogens is 2. The first-order valence-corrected chi connectivity index (χ1v) is 8.21. The van der Waals surface area contributed by atoms with E-state index in [4.69, 9.17) is 0 Å². The van der Waals surface area contributed by atoms with Crippen LogP contribution in [0.15, 0.2) is 30.5 Å². The Hall–Kier alpha value is -2.17. The molecule has 1 aromatic carbocycles. The third kappa shape index (κ3) is 3.14. The molecule has 0 aliphatic heterocycles. The lowest BCUT2D eigenvalue weighted by atomic mass is 9.96. The van der Waals surface area contributed by atoms with Crippen molar-refractivity contribution < 1.29 is 9.18 Å². The summed E-state index contributed by atoms with van der Waals surface area (Å²) in [5, 5.41) is 10.0. The minimum atomic E-state index is -0.209. The molecule has 2 aliphatic carbocycles. The van der Waals surface area contributed by atoms with Gasteiger partial charge in [-0.1, -0.05) is 12.1 Å². The van der Waals surface area contributed by atoms with Crippen LogP contribution in [0.25, 0.3) is 0 Å². The van der Waals surface area contributed by atoms with E-state index in [1.807, 2.05) is 12.1 Å². The number of aromatic amines is 1. The Balaban J connectivity index is 1.37. The number of rotatable bonds is 6. The molecule has 2 fully saturated rings. The molecule has 2 N–H and O–H groups in total. The Morgan fingerprint density at radius 3 is 2.70 bits per heavy atom. The van der Waals surface area contributed by atoms with E-state index in [2.05, 4.69) is 15.5 Å². The van der Waals surface area contributed by atoms with Crippen LogP contribution in [0.4, 0.5) is 4.39 Å². The average molecular weight is 313 g/mol. The first-order valence-electron chi connectivity index (χ1n) is 8.21. The lowest BCUT2D eigenvalue weighted by molar-refractivity contribution is 0.0943. The van der Waals surface area contributed by atoms with Crippen molar-refractivity contribution in [2.75, 3.05) is 6.54 Å². The Morgan fingerprint density at radius 2 is 2.04 bits per heavy atom. The van der Waals surface area contributed by atoms with Crippen molar-refractivity contribution in [1.82, 2.24) is 15.5 Å². The van der Waals surface area contributed by atoms with E-state index >= 15 is 0 Å². The lowest BCUT2D eigenvalue weighted by Crippen LogP contribution is -2.31. The maximum Gasteiger partial charge on any atom is 0.254 e. The van der Waals surface area contributed by atoms with Crippen molar-refractivity contribution in [3.8, 4) is 0 Å². The summed E-state index contributed by atoms with van der Waals surface area (Å²) in [6, 6.07) is 6.66. The van der Waals surface area contributed by atoms with Gasteiger partial charge >= 0.3 is 0 Å². The maximum absolute atomic E-state index is 13.0. The third-order valence-electron chi connectivity index (χ3n) is 4.97. The zero-order chi connectivity index (χ0) is 15.9. The second kappa shape index (κ2) is 5.48. The van der Waals surface area contributed by atoms with E-state index in [0.717, 1.165) is 43.4 Å². The Labute approximate surface area is 134 Å². The van der Waals surface area contributed by atoms with Crippen LogP contribution in [0, 0.1) is 11.2 Å². The number of carbonyl (C=O) groups is 1. The van der Waals surface area contributed by atoms with Crippen LogP contribution in [0.5, 0.6) is 0 Å². The first kappa shape index (κ1) is 14.4. The van der Waals surface area contributed by atoms with Crippen molar-refractivity contribution in [2.24, 2.45) is 5.41 Å². The second-order valence-corrected chi connectivity index (χ2v) is 6.96. The van der Waals surface area contributed by atoms with E-state index in [1.165, 1.54) is 12.1 Å². The second-order valence-electron chi connectivity index (χ2n) is 6.96. The molecule has 4 nitrogen and oxygen atoms in total. The number of halogens is 1. The molecule has 1 aromatic heterocycles. The van der Waals surface area contributed by atoms with Crippen LogP contribution >= 0.6 is 0 Å². The number of hydrogen-bond donors (Lipinski definition) is 2. The molecule has 2 aromatic rings. The fraction of sp³-hybridized carbons (Fsp3) is 0.444. The fourth-order valence-corrected chi connectivity index (χ4v) is 3.15. The molecule has 2 saturated carbocycles. The predicted octanol–water partition coefficient (Wildman–Crippen LogP) is 3.18. The van der Waals surface area contributed by atoms with E-state index in [0.29, 0.717) is 18.0 Å². The normalized spacial score (nSPS) is 18.7. The zero-order valence-electron chi connectivity index (χ0n) is 12.9. The first-order chi connectivity index (χ1) is 11.2. The molecule has 0 radical (unpaired) electrons. The van der Waals surface area contributed by atoms with Gasteiger partial charge < -0.3 is 5.32 Å². The quantitative estimate of drug-likeness (QED) is 0.860. The number of carbonyl (C=O) groups excluding carboxylic acids is 1. The van der Waals surface area contributed by atoms with Crippen LogP contribution in [-0.2, 0) is 6.42 Å². The number of benzene rings is 1. The highest BCUT2D eigenvalue weighted by molar-refractivity contribution is 5.95. The van der Waals surface area contributed by atoms with Gasteiger partial charge in [0.1, 0.15) is 5.82 Å². The van der Waals surface area contributed by atoms with Gasteiger partial charge in [-0.25, -0.2) is 4.39 Å².